The molecule has 0 spiro atoms. The van der Waals surface area contributed by atoms with E-state index in [1.165, 1.54) is 7.11 Å². The zero-order valence-corrected chi connectivity index (χ0v) is 17.2. The van der Waals surface area contributed by atoms with E-state index in [1.807, 2.05) is 19.1 Å². The quantitative estimate of drug-likeness (QED) is 0.271. The first-order valence-corrected chi connectivity index (χ1v) is 10.5. The number of alkyl halides is 1. The van der Waals surface area contributed by atoms with Crippen molar-refractivity contribution in [3.05, 3.63) is 12.2 Å². The van der Waals surface area contributed by atoms with Crippen LogP contribution in [-0.4, -0.2) is 42.0 Å². The summed E-state index contributed by atoms with van der Waals surface area (Å²) < 4.78 is 18.5. The zero-order valence-electron chi connectivity index (χ0n) is 17.2. The van der Waals surface area contributed by atoms with Crippen LogP contribution in [0.3, 0.4) is 0 Å². The maximum Gasteiger partial charge on any atom is 0.305 e. The van der Waals surface area contributed by atoms with Crippen LogP contribution in [0.5, 0.6) is 0 Å². The Morgan fingerprint density at radius 2 is 2.00 bits per heavy atom. The molecule has 1 fully saturated rings. The van der Waals surface area contributed by atoms with Crippen molar-refractivity contribution in [2.45, 2.75) is 89.8 Å². The summed E-state index contributed by atoms with van der Waals surface area (Å²) in [5.74, 6) is -1.27. The Hall–Kier alpha value is -1.56. The summed E-state index contributed by atoms with van der Waals surface area (Å²) in [4.78, 5) is 35.2. The number of halogens is 1. The van der Waals surface area contributed by atoms with Gasteiger partial charge >= 0.3 is 5.97 Å². The van der Waals surface area contributed by atoms with Gasteiger partial charge in [0.25, 0.3) is 0 Å². The fourth-order valence-corrected chi connectivity index (χ4v) is 3.74. The van der Waals surface area contributed by atoms with Crippen molar-refractivity contribution in [3.63, 3.8) is 0 Å². The van der Waals surface area contributed by atoms with Gasteiger partial charge < -0.3 is 9.84 Å². The molecule has 0 aromatic carbocycles. The Morgan fingerprint density at radius 3 is 2.68 bits per heavy atom. The fraction of sp³-hybridized carbons (Fsp3) is 0.773. The lowest BCUT2D eigenvalue weighted by Crippen LogP contribution is -2.23. The number of esters is 1. The van der Waals surface area contributed by atoms with Gasteiger partial charge in [-0.25, -0.2) is 4.39 Å². The van der Waals surface area contributed by atoms with Gasteiger partial charge in [0.15, 0.2) is 12.0 Å². The van der Waals surface area contributed by atoms with Gasteiger partial charge in [-0.1, -0.05) is 38.3 Å². The largest absolute Gasteiger partial charge is 0.469 e. The summed E-state index contributed by atoms with van der Waals surface area (Å²) in [5.41, 5.74) is 0. The van der Waals surface area contributed by atoms with Gasteiger partial charge in [-0.15, -0.1) is 0 Å². The Morgan fingerprint density at radius 1 is 1.25 bits per heavy atom. The number of ketones is 2. The van der Waals surface area contributed by atoms with E-state index in [1.54, 1.807) is 0 Å². The SMILES string of the molecule is CCCCCC(F)C(=O)CCC1C(O)CC(=O)C1CC=CCCCC(=O)OC. The number of rotatable bonds is 14. The number of hydrogen-bond acceptors (Lipinski definition) is 5. The highest BCUT2D eigenvalue weighted by molar-refractivity contribution is 5.85. The third-order valence-corrected chi connectivity index (χ3v) is 5.51. The van der Waals surface area contributed by atoms with Crippen molar-refractivity contribution in [3.8, 4) is 0 Å². The molecule has 0 saturated heterocycles. The molecule has 1 N–H and O–H groups in total. The maximum absolute atomic E-state index is 13.9. The van der Waals surface area contributed by atoms with Crippen LogP contribution in [0.15, 0.2) is 12.2 Å². The van der Waals surface area contributed by atoms with E-state index < -0.39 is 18.1 Å². The number of allylic oxidation sites excluding steroid dienone is 2. The smallest absolute Gasteiger partial charge is 0.305 e. The van der Waals surface area contributed by atoms with Crippen molar-refractivity contribution in [1.29, 1.82) is 0 Å². The lowest BCUT2D eigenvalue weighted by Gasteiger charge is -2.20. The van der Waals surface area contributed by atoms with E-state index in [-0.39, 0.29) is 42.9 Å². The first-order chi connectivity index (χ1) is 13.4. The normalized spacial score (nSPS) is 23.3. The molecule has 0 aromatic heterocycles. The van der Waals surface area contributed by atoms with Gasteiger partial charge in [0.1, 0.15) is 5.78 Å². The number of aliphatic hydroxyl groups is 1. The molecule has 0 aliphatic heterocycles. The van der Waals surface area contributed by atoms with Crippen molar-refractivity contribution < 1.29 is 28.6 Å². The fourth-order valence-electron chi connectivity index (χ4n) is 3.74. The minimum atomic E-state index is -1.44. The van der Waals surface area contributed by atoms with Crippen LogP contribution < -0.4 is 0 Å². The van der Waals surface area contributed by atoms with E-state index >= 15 is 0 Å². The van der Waals surface area contributed by atoms with Gasteiger partial charge in [-0.05, 0) is 38.0 Å². The molecule has 0 heterocycles. The first kappa shape index (κ1) is 24.5. The lowest BCUT2D eigenvalue weighted by molar-refractivity contribution is -0.140. The molecule has 0 aromatic rings. The highest BCUT2D eigenvalue weighted by Gasteiger charge is 2.40. The van der Waals surface area contributed by atoms with Crippen LogP contribution in [0.2, 0.25) is 0 Å². The molecule has 1 aliphatic carbocycles. The molecule has 28 heavy (non-hydrogen) atoms. The second kappa shape index (κ2) is 13.6. The van der Waals surface area contributed by atoms with E-state index in [0.717, 1.165) is 12.8 Å². The second-order valence-corrected chi connectivity index (χ2v) is 7.65. The lowest BCUT2D eigenvalue weighted by atomic mass is 9.86. The summed E-state index contributed by atoms with van der Waals surface area (Å²) >= 11 is 0. The third-order valence-electron chi connectivity index (χ3n) is 5.51. The van der Waals surface area contributed by atoms with E-state index in [0.29, 0.717) is 38.5 Å². The molecule has 0 bridgehead atoms. The number of methoxy groups -OCH3 is 1. The Labute approximate surface area is 167 Å². The number of unbranched alkanes of at least 4 members (excludes halogenated alkanes) is 3. The molecular weight excluding hydrogens is 363 g/mol. The second-order valence-electron chi connectivity index (χ2n) is 7.65. The zero-order chi connectivity index (χ0) is 20.9. The summed E-state index contributed by atoms with van der Waals surface area (Å²) in [7, 11) is 1.36. The van der Waals surface area contributed by atoms with Crippen LogP contribution in [0.1, 0.15) is 77.6 Å². The molecule has 0 amide bonds. The molecular formula is C22H35FO5. The van der Waals surface area contributed by atoms with Gasteiger partial charge in [-0.3, -0.25) is 14.4 Å². The predicted molar refractivity (Wildman–Crippen MR) is 106 cm³/mol. The summed E-state index contributed by atoms with van der Waals surface area (Å²) in [5, 5.41) is 10.2. The highest BCUT2D eigenvalue weighted by Crippen LogP contribution is 2.35. The Bertz CT molecular complexity index is 531. The Balaban J connectivity index is 2.42. The molecule has 1 rings (SSSR count). The van der Waals surface area contributed by atoms with Gasteiger partial charge in [0.2, 0.25) is 0 Å². The molecule has 0 radical (unpaired) electrons. The van der Waals surface area contributed by atoms with E-state index in [9.17, 15) is 23.9 Å². The number of hydrogen-bond donors (Lipinski definition) is 1. The molecule has 160 valence electrons. The monoisotopic (exact) mass is 398 g/mol. The standard InChI is InChI=1S/C22H35FO5/c1-3-4-7-11-18(23)19(24)14-13-17-16(20(25)15-21(17)26)10-8-5-6-9-12-22(27)28-2/h5,8,16-18,21,26H,3-4,6-7,9-15H2,1-2H3. The van der Waals surface area contributed by atoms with Crippen LogP contribution in [0.4, 0.5) is 4.39 Å². The average molecular weight is 399 g/mol. The van der Waals surface area contributed by atoms with Crippen molar-refractivity contribution in [1.82, 2.24) is 0 Å². The molecule has 4 unspecified atom stereocenters. The number of ether oxygens (including phenoxy) is 1. The summed E-state index contributed by atoms with van der Waals surface area (Å²) in [6.45, 7) is 2.03. The summed E-state index contributed by atoms with van der Waals surface area (Å²) in [6, 6.07) is 0. The summed E-state index contributed by atoms with van der Waals surface area (Å²) in [6.07, 6.45) is 7.27. The third kappa shape index (κ3) is 8.63. The number of carbonyl (C=O) groups excluding carboxylic acids is 3. The number of carbonyl (C=O) groups is 3. The molecule has 4 atom stereocenters. The minimum absolute atomic E-state index is 0.00361. The van der Waals surface area contributed by atoms with Gasteiger partial charge in [0.05, 0.1) is 13.2 Å². The van der Waals surface area contributed by atoms with Gasteiger partial charge in [0, 0.05) is 25.2 Å². The van der Waals surface area contributed by atoms with Crippen molar-refractivity contribution >= 4 is 17.5 Å². The molecule has 1 saturated carbocycles. The molecule has 6 heteroatoms. The number of Topliss-reactive ketones (excluding diaryl/α,β-unsaturated/α-hetero) is 2. The van der Waals surface area contributed by atoms with Crippen LogP contribution in [-0.2, 0) is 19.1 Å². The first-order valence-electron chi connectivity index (χ1n) is 10.5. The molecule has 1 aliphatic rings. The highest BCUT2D eigenvalue weighted by atomic mass is 19.1. The molecule has 5 nitrogen and oxygen atoms in total. The Kier molecular flexibility index (Phi) is 11.9. The van der Waals surface area contributed by atoms with Crippen molar-refractivity contribution in [2.24, 2.45) is 11.8 Å². The van der Waals surface area contributed by atoms with Crippen LogP contribution >= 0.6 is 0 Å². The minimum Gasteiger partial charge on any atom is -0.469 e. The van der Waals surface area contributed by atoms with Gasteiger partial charge in [-0.2, -0.15) is 0 Å². The van der Waals surface area contributed by atoms with E-state index in [4.69, 9.17) is 0 Å². The maximum atomic E-state index is 13.9. The van der Waals surface area contributed by atoms with Crippen LogP contribution in [0.25, 0.3) is 0 Å². The predicted octanol–water partition coefficient (Wildman–Crippen LogP) is 4.11. The van der Waals surface area contributed by atoms with Crippen molar-refractivity contribution in [2.75, 3.05) is 7.11 Å². The number of aliphatic hydroxyl groups excluding tert-OH is 1. The van der Waals surface area contributed by atoms with Crippen LogP contribution in [0, 0.1) is 11.8 Å². The van der Waals surface area contributed by atoms with E-state index in [2.05, 4.69) is 4.74 Å². The topological polar surface area (TPSA) is 80.7 Å². The average Bonchev–Trinajstić information content (AvgIpc) is 2.94.